The maximum Gasteiger partial charge on any atom is 0.261 e. The van der Waals surface area contributed by atoms with Crippen LogP contribution >= 0.6 is 11.6 Å². The summed E-state index contributed by atoms with van der Waals surface area (Å²) in [6.45, 7) is 1.67. The minimum Gasteiger partial charge on any atom is -0.484 e. The van der Waals surface area contributed by atoms with Gasteiger partial charge in [0.05, 0.1) is 10.9 Å². The monoisotopic (exact) mass is 444 g/mol. The summed E-state index contributed by atoms with van der Waals surface area (Å²) in [6, 6.07) is 21.5. The topological polar surface area (TPSA) is 84.5 Å². The predicted molar refractivity (Wildman–Crippen MR) is 117 cm³/mol. The molecule has 1 amide bonds. The molecular weight excluding hydrogens is 424 g/mol. The highest BCUT2D eigenvalue weighted by molar-refractivity contribution is 7.92. The van der Waals surface area contributed by atoms with Gasteiger partial charge in [-0.1, -0.05) is 41.9 Å². The molecular formula is C22H21ClN2O4S. The number of amides is 1. The first-order chi connectivity index (χ1) is 14.3. The summed E-state index contributed by atoms with van der Waals surface area (Å²) in [5.41, 5.74) is 1.40. The number of hydrogen-bond acceptors (Lipinski definition) is 4. The number of sulfonamides is 1. The molecule has 0 saturated heterocycles. The third-order valence-electron chi connectivity index (χ3n) is 4.28. The van der Waals surface area contributed by atoms with E-state index in [9.17, 15) is 13.2 Å². The minimum absolute atomic E-state index is 0.0968. The van der Waals surface area contributed by atoms with Crippen molar-refractivity contribution in [3.05, 3.63) is 89.4 Å². The number of carbonyl (C=O) groups is 1. The number of rotatable bonds is 8. The zero-order valence-electron chi connectivity index (χ0n) is 16.2. The number of anilines is 1. The summed E-state index contributed by atoms with van der Waals surface area (Å²) < 4.78 is 32.8. The maximum absolute atomic E-state index is 12.4. The van der Waals surface area contributed by atoms with E-state index in [0.717, 1.165) is 5.56 Å². The third-order valence-corrected chi connectivity index (χ3v) is 5.93. The first-order valence-electron chi connectivity index (χ1n) is 9.19. The number of ether oxygens (including phenoxy) is 1. The summed E-state index contributed by atoms with van der Waals surface area (Å²) in [7, 11) is -3.71. The maximum atomic E-state index is 12.4. The Bertz CT molecular complexity index is 1090. The normalized spacial score (nSPS) is 12.1. The van der Waals surface area contributed by atoms with E-state index in [4.69, 9.17) is 16.3 Å². The van der Waals surface area contributed by atoms with Crippen LogP contribution in [0.3, 0.4) is 0 Å². The van der Waals surface area contributed by atoms with Gasteiger partial charge < -0.3 is 10.1 Å². The molecule has 0 aliphatic heterocycles. The molecule has 0 aromatic heterocycles. The van der Waals surface area contributed by atoms with Crippen molar-refractivity contribution < 1.29 is 17.9 Å². The number of nitrogens with one attached hydrogen (secondary N) is 2. The van der Waals surface area contributed by atoms with Crippen LogP contribution in [0.25, 0.3) is 0 Å². The van der Waals surface area contributed by atoms with E-state index in [1.165, 1.54) is 24.3 Å². The summed E-state index contributed by atoms with van der Waals surface area (Å²) in [5.74, 6) is 0.0999. The average Bonchev–Trinajstić information content (AvgIpc) is 2.73. The zero-order valence-corrected chi connectivity index (χ0v) is 17.8. The zero-order chi connectivity index (χ0) is 21.6. The number of benzene rings is 3. The van der Waals surface area contributed by atoms with E-state index in [1.54, 1.807) is 42.5 Å². The quantitative estimate of drug-likeness (QED) is 0.539. The predicted octanol–water partition coefficient (Wildman–Crippen LogP) is 4.40. The van der Waals surface area contributed by atoms with Crippen LogP contribution in [0.2, 0.25) is 5.02 Å². The Morgan fingerprint density at radius 1 is 0.967 bits per heavy atom. The minimum atomic E-state index is -3.71. The van der Waals surface area contributed by atoms with Crippen molar-refractivity contribution >= 4 is 33.2 Å². The van der Waals surface area contributed by atoms with Gasteiger partial charge in [-0.05, 0) is 61.0 Å². The average molecular weight is 445 g/mol. The van der Waals surface area contributed by atoms with Crippen LogP contribution in [0.15, 0.2) is 83.8 Å². The molecule has 2 N–H and O–H groups in total. The number of carbonyl (C=O) groups excluding carboxylic acids is 1. The van der Waals surface area contributed by atoms with Gasteiger partial charge in [0.2, 0.25) is 0 Å². The van der Waals surface area contributed by atoms with Crippen molar-refractivity contribution in [2.24, 2.45) is 0 Å². The van der Waals surface area contributed by atoms with Crippen LogP contribution < -0.4 is 14.8 Å². The van der Waals surface area contributed by atoms with E-state index >= 15 is 0 Å². The molecule has 0 aliphatic carbocycles. The molecule has 0 bridgehead atoms. The van der Waals surface area contributed by atoms with Gasteiger partial charge >= 0.3 is 0 Å². The van der Waals surface area contributed by atoms with Gasteiger partial charge in [0, 0.05) is 10.7 Å². The number of para-hydroxylation sites is 1. The van der Waals surface area contributed by atoms with Crippen molar-refractivity contribution in [1.29, 1.82) is 0 Å². The van der Waals surface area contributed by atoms with Gasteiger partial charge in [-0.2, -0.15) is 0 Å². The Kier molecular flexibility index (Phi) is 6.97. The van der Waals surface area contributed by atoms with Crippen molar-refractivity contribution in [1.82, 2.24) is 5.32 Å². The number of hydrogen-bond donors (Lipinski definition) is 2. The largest absolute Gasteiger partial charge is 0.484 e. The molecule has 0 aliphatic rings. The first-order valence-corrected chi connectivity index (χ1v) is 11.1. The SMILES string of the molecule is CC(NC(=O)COc1ccc(S(=O)(=O)Nc2ccccc2)cc1)c1ccc(Cl)cc1. The molecule has 6 nitrogen and oxygen atoms in total. The van der Waals surface area contributed by atoms with Crippen molar-refractivity contribution in [2.45, 2.75) is 17.9 Å². The number of halogens is 1. The fourth-order valence-corrected chi connectivity index (χ4v) is 3.89. The third kappa shape index (κ3) is 5.98. The van der Waals surface area contributed by atoms with Crippen molar-refractivity contribution in [3.8, 4) is 5.75 Å². The fourth-order valence-electron chi connectivity index (χ4n) is 2.70. The lowest BCUT2D eigenvalue weighted by atomic mass is 10.1. The molecule has 3 rings (SSSR count). The Hall–Kier alpha value is -3.03. The van der Waals surface area contributed by atoms with Gasteiger partial charge in [-0.15, -0.1) is 0 Å². The first kappa shape index (κ1) is 21.7. The Balaban J connectivity index is 1.54. The molecule has 1 unspecified atom stereocenters. The van der Waals surface area contributed by atoms with E-state index in [2.05, 4.69) is 10.0 Å². The second-order valence-electron chi connectivity index (χ2n) is 6.57. The van der Waals surface area contributed by atoms with Crippen molar-refractivity contribution in [2.75, 3.05) is 11.3 Å². The smallest absolute Gasteiger partial charge is 0.261 e. The second-order valence-corrected chi connectivity index (χ2v) is 8.69. The Labute approximate surface area is 180 Å². The molecule has 0 heterocycles. The molecule has 3 aromatic carbocycles. The molecule has 30 heavy (non-hydrogen) atoms. The second kappa shape index (κ2) is 9.65. The Morgan fingerprint density at radius 2 is 1.60 bits per heavy atom. The molecule has 0 spiro atoms. The van der Waals surface area contributed by atoms with Crippen molar-refractivity contribution in [3.63, 3.8) is 0 Å². The van der Waals surface area contributed by atoms with Crippen LogP contribution in [-0.4, -0.2) is 20.9 Å². The molecule has 0 saturated carbocycles. The van der Waals surface area contributed by atoms with Crippen LogP contribution in [0.5, 0.6) is 5.75 Å². The van der Waals surface area contributed by atoms with E-state index in [1.807, 2.05) is 19.1 Å². The highest BCUT2D eigenvalue weighted by atomic mass is 35.5. The fraction of sp³-hybridized carbons (Fsp3) is 0.136. The van der Waals surface area contributed by atoms with Crippen LogP contribution in [0.1, 0.15) is 18.5 Å². The van der Waals surface area contributed by atoms with Crippen LogP contribution in [-0.2, 0) is 14.8 Å². The molecule has 3 aromatic rings. The van der Waals surface area contributed by atoms with Gasteiger partial charge in [-0.25, -0.2) is 8.42 Å². The summed E-state index contributed by atoms with van der Waals surface area (Å²) >= 11 is 5.87. The summed E-state index contributed by atoms with van der Waals surface area (Å²) in [4.78, 5) is 12.2. The van der Waals surface area contributed by atoms with Gasteiger partial charge in [0.25, 0.3) is 15.9 Å². The molecule has 1 atom stereocenters. The molecule has 0 fully saturated rings. The van der Waals surface area contributed by atoms with Gasteiger partial charge in [0.1, 0.15) is 5.75 Å². The van der Waals surface area contributed by atoms with E-state index in [-0.39, 0.29) is 23.5 Å². The molecule has 8 heteroatoms. The molecule has 0 radical (unpaired) electrons. The molecule has 156 valence electrons. The lowest BCUT2D eigenvalue weighted by molar-refractivity contribution is -0.123. The standard InChI is InChI=1S/C22H21ClN2O4S/c1-16(17-7-9-18(23)10-8-17)24-22(26)15-29-20-11-13-21(14-12-20)30(27,28)25-19-5-3-2-4-6-19/h2-14,16,25H,15H2,1H3,(H,24,26). The highest BCUT2D eigenvalue weighted by Crippen LogP contribution is 2.19. The van der Waals surface area contributed by atoms with Crippen LogP contribution in [0, 0.1) is 0 Å². The van der Waals surface area contributed by atoms with E-state index in [0.29, 0.717) is 16.5 Å². The lowest BCUT2D eigenvalue weighted by Gasteiger charge is -2.15. The van der Waals surface area contributed by atoms with Gasteiger partial charge in [-0.3, -0.25) is 9.52 Å². The highest BCUT2D eigenvalue weighted by Gasteiger charge is 2.15. The lowest BCUT2D eigenvalue weighted by Crippen LogP contribution is -2.31. The van der Waals surface area contributed by atoms with Gasteiger partial charge in [0.15, 0.2) is 6.61 Å². The summed E-state index contributed by atoms with van der Waals surface area (Å²) in [5, 5.41) is 3.47. The Morgan fingerprint density at radius 3 is 2.23 bits per heavy atom. The van der Waals surface area contributed by atoms with E-state index < -0.39 is 10.0 Å². The van der Waals surface area contributed by atoms with Crippen LogP contribution in [0.4, 0.5) is 5.69 Å². The summed E-state index contributed by atoms with van der Waals surface area (Å²) in [6.07, 6.45) is 0.